The van der Waals surface area contributed by atoms with Gasteiger partial charge in [-0.15, -0.1) is 0 Å². The van der Waals surface area contributed by atoms with Gasteiger partial charge in [0, 0.05) is 51.3 Å². The van der Waals surface area contributed by atoms with E-state index in [9.17, 15) is 27.2 Å². The summed E-state index contributed by atoms with van der Waals surface area (Å²) in [7, 11) is 0. The molecule has 0 unspecified atom stereocenters. The van der Waals surface area contributed by atoms with Crippen LogP contribution in [0.5, 0.6) is 0 Å². The number of anilines is 1. The van der Waals surface area contributed by atoms with E-state index < -0.39 is 23.1 Å². The van der Waals surface area contributed by atoms with Crippen LogP contribution in [-0.2, 0) is 30.6 Å². The maximum Gasteiger partial charge on any atom is 0.423 e. The van der Waals surface area contributed by atoms with Gasteiger partial charge in [-0.25, -0.2) is 9.49 Å². The Labute approximate surface area is 181 Å². The molecule has 0 saturated carbocycles. The van der Waals surface area contributed by atoms with Crippen LogP contribution in [0, 0.1) is 5.82 Å². The third-order valence-corrected chi connectivity index (χ3v) is 6.07. The number of nitrogens with zero attached hydrogens (tertiary/aromatic N) is 3. The van der Waals surface area contributed by atoms with Crippen molar-refractivity contribution in [2.75, 3.05) is 18.0 Å². The summed E-state index contributed by atoms with van der Waals surface area (Å²) in [4.78, 5) is 26.3. The number of carbonyl (C=O) groups is 1. The molecule has 0 atom stereocenters. The molecule has 2 N–H and O–H groups in total. The lowest BCUT2D eigenvalue weighted by Crippen LogP contribution is -2.44. The summed E-state index contributed by atoms with van der Waals surface area (Å²) in [5.74, 6) is -0.388. The van der Waals surface area contributed by atoms with Crippen LogP contribution >= 0.6 is 0 Å². The van der Waals surface area contributed by atoms with E-state index in [2.05, 4.69) is 10.4 Å². The highest BCUT2D eigenvalue weighted by Crippen LogP contribution is 2.37. The van der Waals surface area contributed by atoms with Gasteiger partial charge < -0.3 is 15.1 Å². The standard InChI is InChI=1S/C21H23F4N5O2/c1-12(31)29-4-2-16(3-5-29)26-8-13-6-14-10-30(11-15(14)7-17(13)22)18-9-27-28-20(32)19(18)21(23,24)25/h6-7,9,16,26H,2-5,8,10-11H2,1H3,(H,28,32). The first-order valence-electron chi connectivity index (χ1n) is 10.3. The Hall–Kier alpha value is -2.95. The molecule has 0 aliphatic carbocycles. The monoisotopic (exact) mass is 453 g/mol. The molecule has 2 aliphatic heterocycles. The molecule has 1 fully saturated rings. The molecular weight excluding hydrogens is 430 g/mol. The molecule has 7 nitrogen and oxygen atoms in total. The quantitative estimate of drug-likeness (QED) is 0.696. The molecule has 2 aliphatic rings. The fraction of sp³-hybridized carbons (Fsp3) is 0.476. The fourth-order valence-corrected chi connectivity index (χ4v) is 4.33. The number of hydrogen-bond acceptors (Lipinski definition) is 5. The van der Waals surface area contributed by atoms with Crippen LogP contribution in [0.25, 0.3) is 0 Å². The predicted octanol–water partition coefficient (Wildman–Crippen LogP) is 2.55. The molecular formula is C21H23F4N5O2. The lowest BCUT2D eigenvalue weighted by Gasteiger charge is -2.31. The highest BCUT2D eigenvalue weighted by molar-refractivity contribution is 5.73. The molecule has 0 bridgehead atoms. The number of rotatable bonds is 4. The summed E-state index contributed by atoms with van der Waals surface area (Å²) in [6.07, 6.45) is -2.31. The first kappa shape index (κ1) is 22.3. The first-order chi connectivity index (χ1) is 15.1. The van der Waals surface area contributed by atoms with Crippen LogP contribution in [0.2, 0.25) is 0 Å². The van der Waals surface area contributed by atoms with Gasteiger partial charge in [-0.3, -0.25) is 9.59 Å². The number of aromatic nitrogens is 2. The molecule has 0 radical (unpaired) electrons. The van der Waals surface area contributed by atoms with Crippen molar-refractivity contribution in [1.29, 1.82) is 0 Å². The topological polar surface area (TPSA) is 81.3 Å². The largest absolute Gasteiger partial charge is 0.423 e. The van der Waals surface area contributed by atoms with Crippen molar-refractivity contribution < 1.29 is 22.4 Å². The maximum absolute atomic E-state index is 14.7. The number of hydrogen-bond donors (Lipinski definition) is 2. The molecule has 0 spiro atoms. The zero-order valence-electron chi connectivity index (χ0n) is 17.4. The van der Waals surface area contributed by atoms with Gasteiger partial charge >= 0.3 is 6.18 Å². The minimum atomic E-state index is -4.83. The van der Waals surface area contributed by atoms with Crippen molar-refractivity contribution in [2.24, 2.45) is 0 Å². The minimum absolute atomic E-state index is 0.0435. The molecule has 1 aromatic heterocycles. The van der Waals surface area contributed by atoms with Crippen molar-refractivity contribution in [3.63, 3.8) is 0 Å². The molecule has 1 amide bonds. The Bertz CT molecular complexity index is 1080. The molecule has 1 aromatic carbocycles. The summed E-state index contributed by atoms with van der Waals surface area (Å²) in [5.41, 5.74) is -1.22. The van der Waals surface area contributed by atoms with Gasteiger partial charge in [0.05, 0.1) is 11.9 Å². The van der Waals surface area contributed by atoms with E-state index in [1.807, 2.05) is 5.10 Å². The number of piperidine rings is 1. The molecule has 4 rings (SSSR count). The summed E-state index contributed by atoms with van der Waals surface area (Å²) >= 11 is 0. The Morgan fingerprint density at radius 1 is 1.22 bits per heavy atom. The number of H-pyrrole nitrogens is 1. The van der Waals surface area contributed by atoms with E-state index in [-0.39, 0.29) is 37.3 Å². The Kier molecular flexibility index (Phi) is 5.93. The zero-order valence-corrected chi connectivity index (χ0v) is 17.4. The van der Waals surface area contributed by atoms with E-state index in [1.54, 1.807) is 11.0 Å². The number of fused-ring (bicyclic) bond motifs is 1. The second-order valence-electron chi connectivity index (χ2n) is 8.19. The predicted molar refractivity (Wildman–Crippen MR) is 108 cm³/mol. The Morgan fingerprint density at radius 2 is 1.88 bits per heavy atom. The van der Waals surface area contributed by atoms with Gasteiger partial charge in [0.25, 0.3) is 5.56 Å². The second kappa shape index (κ2) is 8.53. The van der Waals surface area contributed by atoms with Crippen LogP contribution in [0.15, 0.2) is 23.1 Å². The van der Waals surface area contributed by atoms with Gasteiger partial charge in [-0.05, 0) is 36.1 Å². The third-order valence-electron chi connectivity index (χ3n) is 6.07. The first-order valence-corrected chi connectivity index (χ1v) is 10.3. The number of amides is 1. The number of benzene rings is 1. The molecule has 11 heteroatoms. The molecule has 3 heterocycles. The van der Waals surface area contributed by atoms with Crippen molar-refractivity contribution in [3.05, 3.63) is 56.8 Å². The number of alkyl halides is 3. The summed E-state index contributed by atoms with van der Waals surface area (Å²) in [6.45, 7) is 3.30. The van der Waals surface area contributed by atoms with Crippen LogP contribution in [0.4, 0.5) is 23.2 Å². The van der Waals surface area contributed by atoms with Gasteiger partial charge in [0.1, 0.15) is 11.4 Å². The van der Waals surface area contributed by atoms with Crippen LogP contribution in [0.3, 0.4) is 0 Å². The average molecular weight is 453 g/mol. The molecule has 2 aromatic rings. The second-order valence-corrected chi connectivity index (χ2v) is 8.19. The SMILES string of the molecule is CC(=O)N1CCC(NCc2cc3c(cc2F)CN(c2cn[nH]c(=O)c2C(F)(F)F)C3)CC1. The molecule has 32 heavy (non-hydrogen) atoms. The van der Waals surface area contributed by atoms with E-state index >= 15 is 0 Å². The van der Waals surface area contributed by atoms with Crippen LogP contribution < -0.4 is 15.8 Å². The number of nitrogens with one attached hydrogen (secondary N) is 2. The van der Waals surface area contributed by atoms with Crippen molar-refractivity contribution in [2.45, 2.75) is 51.6 Å². The maximum atomic E-state index is 14.7. The smallest absolute Gasteiger partial charge is 0.361 e. The normalized spacial score (nSPS) is 17.0. The number of likely N-dealkylation sites (tertiary alicyclic amines) is 1. The Morgan fingerprint density at radius 3 is 2.50 bits per heavy atom. The Balaban J connectivity index is 1.47. The minimum Gasteiger partial charge on any atom is -0.361 e. The molecule has 1 saturated heterocycles. The van der Waals surface area contributed by atoms with Crippen molar-refractivity contribution in [3.8, 4) is 0 Å². The lowest BCUT2D eigenvalue weighted by atomic mass is 10.0. The van der Waals surface area contributed by atoms with E-state index in [0.717, 1.165) is 19.0 Å². The van der Waals surface area contributed by atoms with Crippen LogP contribution in [0.1, 0.15) is 42.0 Å². The van der Waals surface area contributed by atoms with Crippen molar-refractivity contribution in [1.82, 2.24) is 20.4 Å². The third kappa shape index (κ3) is 4.47. The lowest BCUT2D eigenvalue weighted by molar-refractivity contribution is -0.138. The van der Waals surface area contributed by atoms with E-state index in [0.29, 0.717) is 29.8 Å². The fourth-order valence-electron chi connectivity index (χ4n) is 4.33. The highest BCUT2D eigenvalue weighted by atomic mass is 19.4. The summed E-state index contributed by atoms with van der Waals surface area (Å²) < 4.78 is 54.9. The molecule has 172 valence electrons. The van der Waals surface area contributed by atoms with E-state index in [1.165, 1.54) is 17.9 Å². The van der Waals surface area contributed by atoms with Gasteiger partial charge in [-0.1, -0.05) is 0 Å². The van der Waals surface area contributed by atoms with Crippen molar-refractivity contribution >= 4 is 11.6 Å². The number of halogens is 4. The zero-order chi connectivity index (χ0) is 23.0. The van der Waals surface area contributed by atoms with E-state index in [4.69, 9.17) is 0 Å². The summed E-state index contributed by atoms with van der Waals surface area (Å²) in [6, 6.07) is 3.17. The number of aromatic amines is 1. The van der Waals surface area contributed by atoms with Gasteiger partial charge in [-0.2, -0.15) is 18.3 Å². The highest BCUT2D eigenvalue weighted by Gasteiger charge is 2.39. The van der Waals surface area contributed by atoms with Gasteiger partial charge in [0.2, 0.25) is 5.91 Å². The average Bonchev–Trinajstić information content (AvgIpc) is 3.13. The van der Waals surface area contributed by atoms with Gasteiger partial charge in [0.15, 0.2) is 0 Å². The summed E-state index contributed by atoms with van der Waals surface area (Å²) in [5, 5.41) is 8.65. The van der Waals surface area contributed by atoms with Crippen LogP contribution in [-0.4, -0.2) is 40.1 Å². The number of carbonyl (C=O) groups excluding carboxylic acids is 1.